The van der Waals surface area contributed by atoms with Crippen molar-refractivity contribution in [1.29, 1.82) is 0 Å². The van der Waals surface area contributed by atoms with Crippen molar-refractivity contribution in [2.75, 3.05) is 17.3 Å². The lowest BCUT2D eigenvalue weighted by Gasteiger charge is -2.17. The molecule has 2 aromatic carbocycles. The fourth-order valence-corrected chi connectivity index (χ4v) is 2.69. The monoisotopic (exact) mass is 351 g/mol. The molecule has 3 aromatic rings. The van der Waals surface area contributed by atoms with Crippen molar-refractivity contribution in [3.8, 4) is 0 Å². The molecule has 1 amide bonds. The number of aromatic nitrogens is 1. The smallest absolute Gasteiger partial charge is 0.259 e. The van der Waals surface area contributed by atoms with Crippen LogP contribution in [0, 0.1) is 6.92 Å². The maximum Gasteiger partial charge on any atom is 0.259 e. The molecule has 0 spiro atoms. The van der Waals surface area contributed by atoms with Crippen LogP contribution in [0.5, 0.6) is 0 Å². The van der Waals surface area contributed by atoms with E-state index in [9.17, 15) is 4.79 Å². The van der Waals surface area contributed by atoms with Crippen LogP contribution in [0.2, 0.25) is 5.02 Å². The predicted octanol–water partition coefficient (Wildman–Crippen LogP) is 5.06. The number of carbonyl (C=O) groups excluding carboxylic acids is 1. The molecule has 0 aliphatic heterocycles. The van der Waals surface area contributed by atoms with Gasteiger partial charge in [-0.25, -0.2) is 4.98 Å². The lowest BCUT2D eigenvalue weighted by molar-refractivity contribution is 0.0992. The second kappa shape index (κ2) is 7.36. The summed E-state index contributed by atoms with van der Waals surface area (Å²) >= 11 is 5.97. The van der Waals surface area contributed by atoms with E-state index in [0.717, 1.165) is 16.9 Å². The zero-order chi connectivity index (χ0) is 17.8. The standard InChI is InChI=1S/C20H18ClN3O/c1-14-12-16(21)9-10-18(14)23-19-11-8-15(13-22-19)20(25)24(2)17-6-4-3-5-7-17/h3-13H,1-2H3,(H,22,23). The number of aryl methyl sites for hydroxylation is 1. The first-order chi connectivity index (χ1) is 12.0. The summed E-state index contributed by atoms with van der Waals surface area (Å²) in [6, 6.07) is 18.7. The molecule has 4 nitrogen and oxygen atoms in total. The van der Waals surface area contributed by atoms with Gasteiger partial charge in [-0.15, -0.1) is 0 Å². The van der Waals surface area contributed by atoms with Crippen LogP contribution in [0.4, 0.5) is 17.2 Å². The van der Waals surface area contributed by atoms with Crippen LogP contribution < -0.4 is 10.2 Å². The average molecular weight is 352 g/mol. The molecule has 0 bridgehead atoms. The Hall–Kier alpha value is -2.85. The minimum absolute atomic E-state index is 0.104. The third kappa shape index (κ3) is 3.98. The topological polar surface area (TPSA) is 45.2 Å². The van der Waals surface area contributed by atoms with Gasteiger partial charge in [-0.05, 0) is 55.0 Å². The maximum absolute atomic E-state index is 12.6. The molecular weight excluding hydrogens is 334 g/mol. The Bertz CT molecular complexity index is 879. The molecule has 126 valence electrons. The van der Waals surface area contributed by atoms with Gasteiger partial charge in [0.1, 0.15) is 5.82 Å². The Morgan fingerprint density at radius 2 is 1.84 bits per heavy atom. The quantitative estimate of drug-likeness (QED) is 0.714. The number of rotatable bonds is 4. The molecular formula is C20H18ClN3O. The third-order valence-electron chi connectivity index (χ3n) is 3.91. The minimum Gasteiger partial charge on any atom is -0.340 e. The average Bonchev–Trinajstić information content (AvgIpc) is 2.64. The number of carbonyl (C=O) groups is 1. The molecule has 25 heavy (non-hydrogen) atoms. The molecule has 0 aliphatic rings. The first kappa shape index (κ1) is 17.0. The summed E-state index contributed by atoms with van der Waals surface area (Å²) in [5, 5.41) is 3.93. The summed E-state index contributed by atoms with van der Waals surface area (Å²) in [4.78, 5) is 18.5. The largest absolute Gasteiger partial charge is 0.340 e. The van der Waals surface area contributed by atoms with E-state index >= 15 is 0 Å². The SMILES string of the molecule is Cc1cc(Cl)ccc1Nc1ccc(C(=O)N(C)c2ccccc2)cn1. The third-order valence-corrected chi connectivity index (χ3v) is 4.14. The number of benzene rings is 2. The molecule has 3 rings (SSSR count). The molecule has 0 atom stereocenters. The van der Waals surface area contributed by atoms with Gasteiger partial charge in [0.15, 0.2) is 0 Å². The highest BCUT2D eigenvalue weighted by Crippen LogP contribution is 2.23. The Morgan fingerprint density at radius 3 is 2.48 bits per heavy atom. The van der Waals surface area contributed by atoms with Gasteiger partial charge in [0.2, 0.25) is 0 Å². The molecule has 0 radical (unpaired) electrons. The summed E-state index contributed by atoms with van der Waals surface area (Å²) in [6.07, 6.45) is 1.58. The van der Waals surface area contributed by atoms with E-state index in [4.69, 9.17) is 11.6 Å². The summed E-state index contributed by atoms with van der Waals surface area (Å²) < 4.78 is 0. The molecule has 0 unspecified atom stereocenters. The second-order valence-electron chi connectivity index (χ2n) is 5.72. The van der Waals surface area contributed by atoms with Crippen LogP contribution in [0.25, 0.3) is 0 Å². The summed E-state index contributed by atoms with van der Waals surface area (Å²) in [5.41, 5.74) is 3.33. The summed E-state index contributed by atoms with van der Waals surface area (Å²) in [5.74, 6) is 0.567. The van der Waals surface area contributed by atoms with Crippen LogP contribution in [0.15, 0.2) is 66.9 Å². The lowest BCUT2D eigenvalue weighted by atomic mass is 10.2. The highest BCUT2D eigenvalue weighted by atomic mass is 35.5. The van der Waals surface area contributed by atoms with Gasteiger partial charge in [0.25, 0.3) is 5.91 Å². The van der Waals surface area contributed by atoms with Crippen LogP contribution in [-0.4, -0.2) is 17.9 Å². The fraction of sp³-hybridized carbons (Fsp3) is 0.100. The van der Waals surface area contributed by atoms with E-state index in [-0.39, 0.29) is 5.91 Å². The zero-order valence-corrected chi connectivity index (χ0v) is 14.8. The van der Waals surface area contributed by atoms with Crippen molar-refractivity contribution in [3.63, 3.8) is 0 Å². The summed E-state index contributed by atoms with van der Waals surface area (Å²) in [7, 11) is 1.75. The molecule has 1 N–H and O–H groups in total. The van der Waals surface area contributed by atoms with Gasteiger partial charge in [-0.2, -0.15) is 0 Å². The van der Waals surface area contributed by atoms with E-state index in [1.807, 2.05) is 55.5 Å². The number of nitrogens with one attached hydrogen (secondary N) is 1. The van der Waals surface area contributed by atoms with Crippen molar-refractivity contribution < 1.29 is 4.79 Å². The number of amides is 1. The Morgan fingerprint density at radius 1 is 1.08 bits per heavy atom. The van der Waals surface area contributed by atoms with Gasteiger partial charge in [0, 0.05) is 29.6 Å². The van der Waals surface area contributed by atoms with Crippen molar-refractivity contribution in [1.82, 2.24) is 4.98 Å². The van der Waals surface area contributed by atoms with Gasteiger partial charge in [-0.1, -0.05) is 29.8 Å². The van der Waals surface area contributed by atoms with E-state index in [2.05, 4.69) is 10.3 Å². The lowest BCUT2D eigenvalue weighted by Crippen LogP contribution is -2.26. The number of hydrogen-bond acceptors (Lipinski definition) is 3. The van der Waals surface area contributed by atoms with E-state index in [1.165, 1.54) is 0 Å². The van der Waals surface area contributed by atoms with Crippen molar-refractivity contribution in [3.05, 3.63) is 83.0 Å². The normalized spacial score (nSPS) is 10.4. The van der Waals surface area contributed by atoms with Crippen LogP contribution >= 0.6 is 11.6 Å². The van der Waals surface area contributed by atoms with Crippen molar-refractivity contribution >= 4 is 34.7 Å². The zero-order valence-electron chi connectivity index (χ0n) is 14.0. The van der Waals surface area contributed by atoms with E-state index in [0.29, 0.717) is 16.4 Å². The number of nitrogens with zero attached hydrogens (tertiary/aromatic N) is 2. The van der Waals surface area contributed by atoms with Crippen LogP contribution in [-0.2, 0) is 0 Å². The number of anilines is 3. The number of hydrogen-bond donors (Lipinski definition) is 1. The second-order valence-corrected chi connectivity index (χ2v) is 6.15. The van der Waals surface area contributed by atoms with E-state index in [1.54, 1.807) is 30.3 Å². The molecule has 5 heteroatoms. The minimum atomic E-state index is -0.104. The Labute approximate surface area is 152 Å². The molecule has 0 fully saturated rings. The van der Waals surface area contributed by atoms with Gasteiger partial charge >= 0.3 is 0 Å². The number of pyridine rings is 1. The molecule has 0 saturated heterocycles. The predicted molar refractivity (Wildman–Crippen MR) is 103 cm³/mol. The molecule has 0 saturated carbocycles. The van der Waals surface area contributed by atoms with Gasteiger partial charge in [-0.3, -0.25) is 4.79 Å². The number of para-hydroxylation sites is 1. The van der Waals surface area contributed by atoms with Crippen LogP contribution in [0.1, 0.15) is 15.9 Å². The van der Waals surface area contributed by atoms with Crippen molar-refractivity contribution in [2.45, 2.75) is 6.92 Å². The highest BCUT2D eigenvalue weighted by Gasteiger charge is 2.13. The molecule has 0 aliphatic carbocycles. The molecule has 1 aromatic heterocycles. The number of halogens is 1. The molecule has 1 heterocycles. The fourth-order valence-electron chi connectivity index (χ4n) is 2.46. The maximum atomic E-state index is 12.6. The van der Waals surface area contributed by atoms with Gasteiger partial charge in [0.05, 0.1) is 5.56 Å². The van der Waals surface area contributed by atoms with E-state index < -0.39 is 0 Å². The van der Waals surface area contributed by atoms with Crippen molar-refractivity contribution in [2.24, 2.45) is 0 Å². The van der Waals surface area contributed by atoms with Crippen LogP contribution in [0.3, 0.4) is 0 Å². The van der Waals surface area contributed by atoms with Gasteiger partial charge < -0.3 is 10.2 Å². The Kier molecular flexibility index (Phi) is 5.00. The summed E-state index contributed by atoms with van der Waals surface area (Å²) in [6.45, 7) is 1.97. The first-order valence-corrected chi connectivity index (χ1v) is 8.25. The first-order valence-electron chi connectivity index (χ1n) is 7.87. The highest BCUT2D eigenvalue weighted by molar-refractivity contribution is 6.30. The Balaban J connectivity index is 1.74.